The van der Waals surface area contributed by atoms with Gasteiger partial charge < -0.3 is 10.3 Å². The molecule has 1 aromatic heterocycles. The zero-order valence-corrected chi connectivity index (χ0v) is 8.08. The molecule has 1 fully saturated rings. The van der Waals surface area contributed by atoms with E-state index in [0.717, 1.165) is 6.42 Å². The molecule has 2 N–H and O–H groups in total. The van der Waals surface area contributed by atoms with Crippen molar-refractivity contribution in [1.82, 2.24) is 10.1 Å². The molecule has 0 saturated heterocycles. The molecule has 1 saturated carbocycles. The highest BCUT2D eigenvalue weighted by atomic mass is 16.5. The number of aromatic nitrogens is 2. The van der Waals surface area contributed by atoms with Crippen LogP contribution in [0.25, 0.3) is 0 Å². The minimum absolute atomic E-state index is 0.349. The molecule has 1 aliphatic carbocycles. The van der Waals surface area contributed by atoms with Crippen LogP contribution >= 0.6 is 0 Å². The van der Waals surface area contributed by atoms with E-state index in [9.17, 15) is 0 Å². The molecule has 0 radical (unpaired) electrons. The van der Waals surface area contributed by atoms with E-state index < -0.39 is 0 Å². The molecular formula is C9H15N3O. The smallest absolute Gasteiger partial charge is 0.223 e. The lowest BCUT2D eigenvalue weighted by molar-refractivity contribution is 0.317. The number of hydrogen-bond acceptors (Lipinski definition) is 4. The zero-order chi connectivity index (χ0) is 9.47. The van der Waals surface area contributed by atoms with Crippen LogP contribution in [0, 0.1) is 12.8 Å². The summed E-state index contributed by atoms with van der Waals surface area (Å²) in [5.41, 5.74) is 5.90. The fourth-order valence-corrected chi connectivity index (χ4v) is 1.72. The monoisotopic (exact) mass is 181 g/mol. The third-order valence-electron chi connectivity index (χ3n) is 2.83. The summed E-state index contributed by atoms with van der Waals surface area (Å²) in [5, 5.41) is 3.91. The molecule has 1 heterocycles. The largest absolute Gasteiger partial charge is 0.340 e. The van der Waals surface area contributed by atoms with Crippen molar-refractivity contribution in [3.05, 3.63) is 11.7 Å². The van der Waals surface area contributed by atoms with Gasteiger partial charge in [-0.2, -0.15) is 4.98 Å². The summed E-state index contributed by atoms with van der Waals surface area (Å²) < 4.78 is 4.95. The van der Waals surface area contributed by atoms with E-state index in [2.05, 4.69) is 17.1 Å². The van der Waals surface area contributed by atoms with Crippen molar-refractivity contribution in [3.8, 4) is 0 Å². The Morgan fingerprint density at radius 1 is 1.62 bits per heavy atom. The third kappa shape index (κ3) is 1.35. The van der Waals surface area contributed by atoms with Crippen molar-refractivity contribution in [2.75, 3.05) is 0 Å². The van der Waals surface area contributed by atoms with Gasteiger partial charge in [0.2, 0.25) is 5.89 Å². The summed E-state index contributed by atoms with van der Waals surface area (Å²) >= 11 is 0. The van der Waals surface area contributed by atoms with Crippen molar-refractivity contribution in [3.63, 3.8) is 0 Å². The van der Waals surface area contributed by atoms with Crippen molar-refractivity contribution >= 4 is 0 Å². The van der Waals surface area contributed by atoms with Crippen LogP contribution in [0.15, 0.2) is 4.52 Å². The predicted octanol–water partition coefficient (Wildman–Crippen LogP) is 1.35. The molecule has 4 nitrogen and oxygen atoms in total. The van der Waals surface area contributed by atoms with Gasteiger partial charge in [-0.25, -0.2) is 0 Å². The van der Waals surface area contributed by atoms with E-state index in [1.165, 1.54) is 12.8 Å². The Morgan fingerprint density at radius 2 is 2.31 bits per heavy atom. The Labute approximate surface area is 77.5 Å². The summed E-state index contributed by atoms with van der Waals surface area (Å²) in [7, 11) is 0. The average Bonchev–Trinajstić information content (AvgIpc) is 2.89. The second-order valence-corrected chi connectivity index (χ2v) is 3.81. The van der Waals surface area contributed by atoms with Gasteiger partial charge in [-0.05, 0) is 25.2 Å². The highest BCUT2D eigenvalue weighted by Gasteiger charge is 2.45. The second kappa shape index (κ2) is 2.80. The normalized spacial score (nSPS) is 21.5. The maximum absolute atomic E-state index is 6.25. The van der Waals surface area contributed by atoms with Crippen LogP contribution in [0.2, 0.25) is 0 Å². The lowest BCUT2D eigenvalue weighted by Crippen LogP contribution is -2.39. The fourth-order valence-electron chi connectivity index (χ4n) is 1.72. The molecule has 0 bridgehead atoms. The van der Waals surface area contributed by atoms with Gasteiger partial charge in [0.15, 0.2) is 5.82 Å². The second-order valence-electron chi connectivity index (χ2n) is 3.81. The highest BCUT2D eigenvalue weighted by Crippen LogP contribution is 2.44. The fraction of sp³-hybridized carbons (Fsp3) is 0.778. The molecule has 0 aliphatic heterocycles. The van der Waals surface area contributed by atoms with E-state index in [1.807, 2.05) is 0 Å². The van der Waals surface area contributed by atoms with E-state index in [-0.39, 0.29) is 5.54 Å². The molecule has 2 rings (SSSR count). The minimum atomic E-state index is -0.349. The van der Waals surface area contributed by atoms with Crippen LogP contribution < -0.4 is 5.73 Å². The van der Waals surface area contributed by atoms with Crippen LogP contribution in [0.4, 0.5) is 0 Å². The zero-order valence-electron chi connectivity index (χ0n) is 8.08. The van der Waals surface area contributed by atoms with Crippen LogP contribution in [0.5, 0.6) is 0 Å². The Bertz CT molecular complexity index is 306. The number of hydrogen-bond donors (Lipinski definition) is 1. The number of rotatable bonds is 3. The third-order valence-corrected chi connectivity index (χ3v) is 2.83. The maximum atomic E-state index is 6.25. The average molecular weight is 181 g/mol. The molecule has 0 aromatic carbocycles. The van der Waals surface area contributed by atoms with Gasteiger partial charge in [0, 0.05) is 6.92 Å². The molecule has 1 aliphatic rings. The van der Waals surface area contributed by atoms with E-state index in [0.29, 0.717) is 17.6 Å². The summed E-state index contributed by atoms with van der Waals surface area (Å²) in [6, 6.07) is 0. The van der Waals surface area contributed by atoms with Crippen molar-refractivity contribution < 1.29 is 4.52 Å². The SMILES string of the molecule is CCC(N)(c1noc(C)n1)C1CC1. The maximum Gasteiger partial charge on any atom is 0.223 e. The van der Waals surface area contributed by atoms with Gasteiger partial charge >= 0.3 is 0 Å². The first-order chi connectivity index (χ1) is 6.16. The van der Waals surface area contributed by atoms with Crippen LogP contribution in [0.1, 0.15) is 37.9 Å². The predicted molar refractivity (Wildman–Crippen MR) is 47.9 cm³/mol. The van der Waals surface area contributed by atoms with Crippen molar-refractivity contribution in [2.24, 2.45) is 11.7 Å². The molecule has 1 aromatic rings. The van der Waals surface area contributed by atoms with E-state index >= 15 is 0 Å². The Kier molecular flexibility index (Phi) is 1.87. The minimum Gasteiger partial charge on any atom is -0.340 e. The first-order valence-electron chi connectivity index (χ1n) is 4.76. The Hall–Kier alpha value is -0.900. The quantitative estimate of drug-likeness (QED) is 0.764. The number of nitrogens with zero attached hydrogens (tertiary/aromatic N) is 2. The summed E-state index contributed by atoms with van der Waals surface area (Å²) in [6.45, 7) is 3.86. The first kappa shape index (κ1) is 8.69. The van der Waals surface area contributed by atoms with Gasteiger partial charge in [-0.3, -0.25) is 0 Å². The molecule has 4 heteroatoms. The lowest BCUT2D eigenvalue weighted by Gasteiger charge is -2.23. The van der Waals surface area contributed by atoms with E-state index in [4.69, 9.17) is 10.3 Å². The Balaban J connectivity index is 2.29. The topological polar surface area (TPSA) is 64.9 Å². The molecular weight excluding hydrogens is 166 g/mol. The van der Waals surface area contributed by atoms with Crippen LogP contribution in [-0.2, 0) is 5.54 Å². The molecule has 0 spiro atoms. The summed E-state index contributed by atoms with van der Waals surface area (Å²) in [5.74, 6) is 1.82. The number of nitrogens with two attached hydrogens (primary N) is 1. The molecule has 72 valence electrons. The highest BCUT2D eigenvalue weighted by molar-refractivity contribution is 5.10. The van der Waals surface area contributed by atoms with Gasteiger partial charge in [-0.1, -0.05) is 12.1 Å². The first-order valence-corrected chi connectivity index (χ1v) is 4.76. The summed E-state index contributed by atoms with van der Waals surface area (Å²) in [6.07, 6.45) is 3.26. The van der Waals surface area contributed by atoms with Crippen molar-refractivity contribution in [2.45, 2.75) is 38.6 Å². The Morgan fingerprint density at radius 3 is 2.69 bits per heavy atom. The lowest BCUT2D eigenvalue weighted by atomic mass is 9.91. The molecule has 0 amide bonds. The van der Waals surface area contributed by atoms with Gasteiger partial charge in [0.05, 0.1) is 5.54 Å². The molecule has 1 atom stereocenters. The summed E-state index contributed by atoms with van der Waals surface area (Å²) in [4.78, 5) is 4.21. The van der Waals surface area contributed by atoms with Crippen LogP contribution in [0.3, 0.4) is 0 Å². The van der Waals surface area contributed by atoms with Gasteiger partial charge in [0.1, 0.15) is 0 Å². The van der Waals surface area contributed by atoms with Gasteiger partial charge in [-0.15, -0.1) is 0 Å². The molecule has 1 unspecified atom stereocenters. The number of aryl methyl sites for hydroxylation is 1. The van der Waals surface area contributed by atoms with Crippen LogP contribution in [-0.4, -0.2) is 10.1 Å². The van der Waals surface area contributed by atoms with E-state index in [1.54, 1.807) is 6.92 Å². The van der Waals surface area contributed by atoms with Gasteiger partial charge in [0.25, 0.3) is 0 Å². The standard InChI is InChI=1S/C9H15N3O/c1-3-9(10,7-4-5-7)8-11-6(2)13-12-8/h7H,3-5,10H2,1-2H3. The van der Waals surface area contributed by atoms with Crippen molar-refractivity contribution in [1.29, 1.82) is 0 Å². The molecule has 13 heavy (non-hydrogen) atoms.